The Labute approximate surface area is 114 Å². The number of hydrogen-bond donors (Lipinski definition) is 1. The lowest BCUT2D eigenvalue weighted by Gasteiger charge is -2.08. The van der Waals surface area contributed by atoms with Crippen molar-refractivity contribution in [1.82, 2.24) is 0 Å². The van der Waals surface area contributed by atoms with Crippen LogP contribution in [0.1, 0.15) is 11.1 Å². The minimum absolute atomic E-state index is 0.159. The molecular formula is C14H13FIN. The summed E-state index contributed by atoms with van der Waals surface area (Å²) in [5.41, 5.74) is 2.78. The smallest absolute Gasteiger partial charge is 0.128 e. The van der Waals surface area contributed by atoms with Crippen LogP contribution in [0, 0.1) is 16.3 Å². The van der Waals surface area contributed by atoms with Gasteiger partial charge in [0.15, 0.2) is 0 Å². The second-order valence-electron chi connectivity index (χ2n) is 3.96. The summed E-state index contributed by atoms with van der Waals surface area (Å²) in [5.74, 6) is -0.159. The average molecular weight is 341 g/mol. The highest BCUT2D eigenvalue weighted by Gasteiger charge is 2.02. The summed E-state index contributed by atoms with van der Waals surface area (Å²) < 4.78 is 14.7. The minimum Gasteiger partial charge on any atom is -0.381 e. The van der Waals surface area contributed by atoms with Crippen LogP contribution in [0.25, 0.3) is 0 Å². The van der Waals surface area contributed by atoms with Gasteiger partial charge in [0.1, 0.15) is 5.82 Å². The summed E-state index contributed by atoms with van der Waals surface area (Å²) in [6, 6.07) is 13.2. The molecule has 88 valence electrons. The molecule has 0 fully saturated rings. The van der Waals surface area contributed by atoms with Crippen LogP contribution in [-0.2, 0) is 6.54 Å². The SMILES string of the molecule is Cc1ccc(F)c(CNc2cccc(I)c2)c1. The van der Waals surface area contributed by atoms with Crippen LogP contribution >= 0.6 is 22.6 Å². The summed E-state index contributed by atoms with van der Waals surface area (Å²) in [5, 5.41) is 3.23. The van der Waals surface area contributed by atoms with Gasteiger partial charge in [-0.1, -0.05) is 23.8 Å². The van der Waals surface area contributed by atoms with Crippen LogP contribution in [-0.4, -0.2) is 0 Å². The number of nitrogens with one attached hydrogen (secondary N) is 1. The quantitative estimate of drug-likeness (QED) is 0.819. The fourth-order valence-corrected chi connectivity index (χ4v) is 2.18. The summed E-state index contributed by atoms with van der Waals surface area (Å²) in [7, 11) is 0. The van der Waals surface area contributed by atoms with E-state index in [2.05, 4.69) is 27.9 Å². The molecule has 0 aliphatic rings. The van der Waals surface area contributed by atoms with Gasteiger partial charge in [-0.2, -0.15) is 0 Å². The van der Waals surface area contributed by atoms with Crippen molar-refractivity contribution in [1.29, 1.82) is 0 Å². The Morgan fingerprint density at radius 2 is 2.00 bits per heavy atom. The minimum atomic E-state index is -0.159. The lowest BCUT2D eigenvalue weighted by molar-refractivity contribution is 0.612. The van der Waals surface area contributed by atoms with E-state index in [9.17, 15) is 4.39 Å². The van der Waals surface area contributed by atoms with Gasteiger partial charge < -0.3 is 5.32 Å². The predicted molar refractivity (Wildman–Crippen MR) is 77.6 cm³/mol. The van der Waals surface area contributed by atoms with Crippen molar-refractivity contribution < 1.29 is 4.39 Å². The molecule has 0 radical (unpaired) electrons. The second kappa shape index (κ2) is 5.49. The van der Waals surface area contributed by atoms with E-state index in [0.717, 1.165) is 14.8 Å². The van der Waals surface area contributed by atoms with E-state index in [-0.39, 0.29) is 5.82 Å². The fourth-order valence-electron chi connectivity index (χ4n) is 1.63. The van der Waals surface area contributed by atoms with Gasteiger partial charge in [-0.05, 0) is 53.8 Å². The maximum absolute atomic E-state index is 13.5. The van der Waals surface area contributed by atoms with Crippen LogP contribution < -0.4 is 5.32 Å². The van der Waals surface area contributed by atoms with Gasteiger partial charge in [0.05, 0.1) is 0 Å². The van der Waals surface area contributed by atoms with E-state index >= 15 is 0 Å². The van der Waals surface area contributed by atoms with Crippen LogP contribution in [0.3, 0.4) is 0 Å². The molecule has 0 atom stereocenters. The Kier molecular flexibility index (Phi) is 3.99. The zero-order chi connectivity index (χ0) is 12.3. The highest BCUT2D eigenvalue weighted by Crippen LogP contribution is 2.15. The van der Waals surface area contributed by atoms with Crippen LogP contribution in [0.15, 0.2) is 42.5 Å². The highest BCUT2D eigenvalue weighted by molar-refractivity contribution is 14.1. The van der Waals surface area contributed by atoms with E-state index in [0.29, 0.717) is 12.1 Å². The lowest BCUT2D eigenvalue weighted by Crippen LogP contribution is -2.02. The van der Waals surface area contributed by atoms with E-state index in [1.165, 1.54) is 6.07 Å². The maximum Gasteiger partial charge on any atom is 0.128 e. The zero-order valence-corrected chi connectivity index (χ0v) is 11.7. The van der Waals surface area contributed by atoms with Crippen molar-refractivity contribution in [3.63, 3.8) is 0 Å². The molecule has 0 amide bonds. The van der Waals surface area contributed by atoms with Crippen molar-refractivity contribution in [3.05, 3.63) is 63.0 Å². The molecule has 0 saturated heterocycles. The zero-order valence-electron chi connectivity index (χ0n) is 9.50. The second-order valence-corrected chi connectivity index (χ2v) is 5.20. The number of anilines is 1. The number of benzene rings is 2. The molecule has 2 rings (SSSR count). The molecule has 2 aromatic rings. The molecule has 0 aliphatic heterocycles. The first-order valence-corrected chi connectivity index (χ1v) is 6.47. The van der Waals surface area contributed by atoms with Gasteiger partial charge in [0, 0.05) is 21.4 Å². The first-order valence-electron chi connectivity index (χ1n) is 5.39. The summed E-state index contributed by atoms with van der Waals surface area (Å²) in [4.78, 5) is 0. The van der Waals surface area contributed by atoms with Crippen molar-refractivity contribution in [3.8, 4) is 0 Å². The molecule has 0 aromatic heterocycles. The number of hydrogen-bond acceptors (Lipinski definition) is 1. The molecule has 0 saturated carbocycles. The van der Waals surface area contributed by atoms with E-state index in [1.807, 2.05) is 37.3 Å². The van der Waals surface area contributed by atoms with Crippen molar-refractivity contribution in [2.24, 2.45) is 0 Å². The van der Waals surface area contributed by atoms with Gasteiger partial charge >= 0.3 is 0 Å². The van der Waals surface area contributed by atoms with Crippen molar-refractivity contribution in [2.75, 3.05) is 5.32 Å². The van der Waals surface area contributed by atoms with Crippen molar-refractivity contribution in [2.45, 2.75) is 13.5 Å². The van der Waals surface area contributed by atoms with Crippen LogP contribution in [0.4, 0.5) is 10.1 Å². The molecule has 0 bridgehead atoms. The molecule has 0 unspecified atom stereocenters. The van der Waals surface area contributed by atoms with E-state index in [4.69, 9.17) is 0 Å². The molecule has 1 nitrogen and oxygen atoms in total. The number of aryl methyl sites for hydroxylation is 1. The fraction of sp³-hybridized carbons (Fsp3) is 0.143. The summed E-state index contributed by atoms with van der Waals surface area (Å²) in [6.07, 6.45) is 0. The highest BCUT2D eigenvalue weighted by atomic mass is 127. The Balaban J connectivity index is 2.09. The molecule has 2 aromatic carbocycles. The maximum atomic E-state index is 13.5. The molecule has 17 heavy (non-hydrogen) atoms. The molecule has 0 aliphatic carbocycles. The largest absolute Gasteiger partial charge is 0.381 e. The summed E-state index contributed by atoms with van der Waals surface area (Å²) >= 11 is 2.26. The normalized spacial score (nSPS) is 10.3. The predicted octanol–water partition coefficient (Wildman–Crippen LogP) is 4.35. The molecule has 0 heterocycles. The van der Waals surface area contributed by atoms with Gasteiger partial charge in [0.2, 0.25) is 0 Å². The van der Waals surface area contributed by atoms with E-state index in [1.54, 1.807) is 6.07 Å². The van der Waals surface area contributed by atoms with Gasteiger partial charge in [0.25, 0.3) is 0 Å². The van der Waals surface area contributed by atoms with Gasteiger partial charge in [-0.3, -0.25) is 0 Å². The Morgan fingerprint density at radius 1 is 1.18 bits per heavy atom. The van der Waals surface area contributed by atoms with Crippen LogP contribution in [0.5, 0.6) is 0 Å². The van der Waals surface area contributed by atoms with Gasteiger partial charge in [-0.25, -0.2) is 4.39 Å². The standard InChI is InChI=1S/C14H13FIN/c1-10-5-6-14(15)11(7-10)9-17-13-4-2-3-12(16)8-13/h2-8,17H,9H2,1H3. The number of halogens is 2. The first kappa shape index (κ1) is 12.4. The van der Waals surface area contributed by atoms with Crippen LogP contribution in [0.2, 0.25) is 0 Å². The monoisotopic (exact) mass is 341 g/mol. The molecular weight excluding hydrogens is 328 g/mol. The molecule has 0 spiro atoms. The molecule has 3 heteroatoms. The van der Waals surface area contributed by atoms with Crippen molar-refractivity contribution >= 4 is 28.3 Å². The Morgan fingerprint density at radius 3 is 2.76 bits per heavy atom. The number of rotatable bonds is 3. The Hall–Kier alpha value is -1.10. The third kappa shape index (κ3) is 3.43. The average Bonchev–Trinajstić information content (AvgIpc) is 2.30. The Bertz CT molecular complexity index is 525. The van der Waals surface area contributed by atoms with E-state index < -0.39 is 0 Å². The summed E-state index contributed by atoms with van der Waals surface area (Å²) in [6.45, 7) is 2.47. The van der Waals surface area contributed by atoms with Gasteiger partial charge in [-0.15, -0.1) is 0 Å². The topological polar surface area (TPSA) is 12.0 Å². The first-order chi connectivity index (χ1) is 8.15. The third-order valence-electron chi connectivity index (χ3n) is 2.51. The lowest BCUT2D eigenvalue weighted by atomic mass is 10.1. The third-order valence-corrected chi connectivity index (χ3v) is 3.18. The molecule has 1 N–H and O–H groups in total.